The summed E-state index contributed by atoms with van der Waals surface area (Å²) in [4.78, 5) is 13.9. The molecule has 1 N–H and O–H groups in total. The van der Waals surface area contributed by atoms with Crippen LogP contribution in [-0.2, 0) is 16.1 Å². The number of esters is 1. The minimum atomic E-state index is -5.75. The van der Waals surface area contributed by atoms with Crippen molar-refractivity contribution in [3.8, 4) is 11.1 Å². The van der Waals surface area contributed by atoms with Gasteiger partial charge in [-0.05, 0) is 29.2 Å². The lowest BCUT2D eigenvalue weighted by Gasteiger charge is -2.36. The summed E-state index contributed by atoms with van der Waals surface area (Å²) in [5.74, 6) is -1.56. The minimum absolute atomic E-state index is 0.109. The Morgan fingerprint density at radius 1 is 1.06 bits per heavy atom. The van der Waals surface area contributed by atoms with Crippen molar-refractivity contribution in [2.24, 2.45) is 0 Å². The standard InChI is InChI=1S/C22H22F6N2O2/c1-14-11-16(15-5-3-2-4-6-15)7-8-17(14)13-30-10-9-29-12-18(30)19(31)32-20(21(23,24)25)22(26,27)28/h2-8,11,18,20,29H,9-10,12-13H2,1H3. The van der Waals surface area contributed by atoms with E-state index in [0.717, 1.165) is 22.3 Å². The van der Waals surface area contributed by atoms with Crippen molar-refractivity contribution in [1.29, 1.82) is 0 Å². The van der Waals surface area contributed by atoms with Crippen molar-refractivity contribution in [2.45, 2.75) is 38.0 Å². The van der Waals surface area contributed by atoms with Gasteiger partial charge < -0.3 is 10.1 Å². The Kier molecular flexibility index (Phi) is 7.14. The molecule has 2 aromatic rings. The number of halogens is 6. The molecule has 174 valence electrons. The predicted molar refractivity (Wildman–Crippen MR) is 106 cm³/mol. The summed E-state index contributed by atoms with van der Waals surface area (Å²) < 4.78 is 80.7. The molecule has 0 aliphatic carbocycles. The van der Waals surface area contributed by atoms with Crippen LogP contribution in [0.4, 0.5) is 26.3 Å². The van der Waals surface area contributed by atoms with Crippen LogP contribution in [0.5, 0.6) is 0 Å². The van der Waals surface area contributed by atoms with Gasteiger partial charge in [0.1, 0.15) is 6.04 Å². The normalized spacial score (nSPS) is 18.1. The molecule has 32 heavy (non-hydrogen) atoms. The molecule has 0 spiro atoms. The van der Waals surface area contributed by atoms with Crippen molar-refractivity contribution in [2.75, 3.05) is 19.6 Å². The molecule has 1 aliphatic heterocycles. The topological polar surface area (TPSA) is 41.6 Å². The number of hydrogen-bond donors (Lipinski definition) is 1. The van der Waals surface area contributed by atoms with Crippen molar-refractivity contribution in [3.63, 3.8) is 0 Å². The summed E-state index contributed by atoms with van der Waals surface area (Å²) in [6.07, 6.45) is -15.6. The van der Waals surface area contributed by atoms with Gasteiger partial charge in [0.2, 0.25) is 0 Å². The largest absolute Gasteiger partial charge is 0.442 e. The first-order valence-electron chi connectivity index (χ1n) is 9.90. The van der Waals surface area contributed by atoms with Gasteiger partial charge in [-0.2, -0.15) is 26.3 Å². The first-order valence-corrected chi connectivity index (χ1v) is 9.90. The molecular weight excluding hydrogens is 438 g/mol. The zero-order valence-corrected chi connectivity index (χ0v) is 17.1. The number of benzene rings is 2. The fourth-order valence-corrected chi connectivity index (χ4v) is 3.58. The Bertz CT molecular complexity index is 916. The predicted octanol–water partition coefficient (Wildman–Crippen LogP) is 4.47. The molecule has 10 heteroatoms. The van der Waals surface area contributed by atoms with Crippen molar-refractivity contribution >= 4 is 5.97 Å². The molecule has 1 saturated heterocycles. The quantitative estimate of drug-likeness (QED) is 0.528. The molecule has 1 fully saturated rings. The SMILES string of the molecule is Cc1cc(-c2ccccc2)ccc1CN1CCNCC1C(=O)OC(C(F)(F)F)C(F)(F)F. The number of nitrogens with one attached hydrogen (secondary N) is 1. The first-order chi connectivity index (χ1) is 15.0. The Labute approximate surface area is 181 Å². The number of rotatable bonds is 5. The van der Waals surface area contributed by atoms with Gasteiger partial charge >= 0.3 is 18.3 Å². The molecule has 0 bridgehead atoms. The molecule has 1 aliphatic rings. The van der Waals surface area contributed by atoms with Crippen LogP contribution < -0.4 is 5.32 Å². The number of carbonyl (C=O) groups excluding carboxylic acids is 1. The van der Waals surface area contributed by atoms with E-state index in [1.54, 1.807) is 0 Å². The zero-order chi connectivity index (χ0) is 23.5. The number of aryl methyl sites for hydroxylation is 1. The number of piperazine rings is 1. The van der Waals surface area contributed by atoms with Gasteiger partial charge in [0.15, 0.2) is 0 Å². The summed E-state index contributed by atoms with van der Waals surface area (Å²) in [7, 11) is 0. The lowest BCUT2D eigenvalue weighted by molar-refractivity contribution is -0.314. The molecule has 1 heterocycles. The summed E-state index contributed by atoms with van der Waals surface area (Å²) >= 11 is 0. The second-order valence-electron chi connectivity index (χ2n) is 7.60. The molecule has 3 rings (SSSR count). The summed E-state index contributed by atoms with van der Waals surface area (Å²) in [6, 6.07) is 14.0. The highest BCUT2D eigenvalue weighted by Crippen LogP contribution is 2.36. The van der Waals surface area contributed by atoms with Crippen LogP contribution in [0.25, 0.3) is 11.1 Å². The number of hydrogen-bond acceptors (Lipinski definition) is 4. The maximum atomic E-state index is 12.8. The minimum Gasteiger partial charge on any atom is -0.442 e. The van der Waals surface area contributed by atoms with Crippen molar-refractivity contribution in [1.82, 2.24) is 10.2 Å². The second kappa shape index (κ2) is 9.50. The Morgan fingerprint density at radius 2 is 1.72 bits per heavy atom. The van der Waals surface area contributed by atoms with Crippen LogP contribution in [0.2, 0.25) is 0 Å². The van der Waals surface area contributed by atoms with E-state index in [9.17, 15) is 31.1 Å². The summed E-state index contributed by atoms with van der Waals surface area (Å²) in [6.45, 7) is 2.64. The number of alkyl halides is 6. The Balaban J connectivity index is 1.76. The number of carbonyl (C=O) groups is 1. The fourth-order valence-electron chi connectivity index (χ4n) is 3.58. The summed E-state index contributed by atoms with van der Waals surface area (Å²) in [5.41, 5.74) is 3.69. The van der Waals surface area contributed by atoms with Gasteiger partial charge in [0.05, 0.1) is 0 Å². The van der Waals surface area contributed by atoms with Crippen molar-refractivity contribution < 1.29 is 35.9 Å². The summed E-state index contributed by atoms with van der Waals surface area (Å²) in [5, 5.41) is 2.82. The molecule has 2 aromatic carbocycles. The van der Waals surface area contributed by atoms with Gasteiger partial charge in [-0.1, -0.05) is 48.5 Å². The smallest absolute Gasteiger partial charge is 0.434 e. The van der Waals surface area contributed by atoms with E-state index in [0.29, 0.717) is 6.54 Å². The maximum absolute atomic E-state index is 12.8. The lowest BCUT2D eigenvalue weighted by Crippen LogP contribution is -2.57. The Morgan fingerprint density at radius 3 is 2.31 bits per heavy atom. The monoisotopic (exact) mass is 460 g/mol. The Hall–Kier alpha value is -2.59. The highest BCUT2D eigenvalue weighted by atomic mass is 19.4. The fraction of sp³-hybridized carbons (Fsp3) is 0.409. The van der Waals surface area contributed by atoms with Crippen LogP contribution in [0.15, 0.2) is 48.5 Å². The van der Waals surface area contributed by atoms with Crippen LogP contribution in [0.3, 0.4) is 0 Å². The van der Waals surface area contributed by atoms with Crippen LogP contribution in [-0.4, -0.2) is 55.0 Å². The molecular formula is C22H22F6N2O2. The van der Waals surface area contributed by atoms with E-state index in [1.807, 2.05) is 55.5 Å². The van der Waals surface area contributed by atoms with Crippen LogP contribution in [0, 0.1) is 6.92 Å². The molecule has 0 radical (unpaired) electrons. The average Bonchev–Trinajstić information content (AvgIpc) is 2.72. The third-order valence-corrected chi connectivity index (χ3v) is 5.28. The van der Waals surface area contributed by atoms with E-state index >= 15 is 0 Å². The number of ether oxygens (including phenoxy) is 1. The van der Waals surface area contributed by atoms with Crippen molar-refractivity contribution in [3.05, 3.63) is 59.7 Å². The average molecular weight is 460 g/mol. The zero-order valence-electron chi connectivity index (χ0n) is 17.1. The van der Waals surface area contributed by atoms with Gasteiger partial charge in [0, 0.05) is 26.2 Å². The molecule has 0 aromatic heterocycles. The van der Waals surface area contributed by atoms with Gasteiger partial charge in [0.25, 0.3) is 6.10 Å². The van der Waals surface area contributed by atoms with E-state index in [4.69, 9.17) is 0 Å². The van der Waals surface area contributed by atoms with Crippen LogP contribution in [0.1, 0.15) is 11.1 Å². The van der Waals surface area contributed by atoms with E-state index in [-0.39, 0.29) is 19.6 Å². The van der Waals surface area contributed by atoms with E-state index < -0.39 is 30.5 Å². The molecule has 1 atom stereocenters. The maximum Gasteiger partial charge on any atom is 0.434 e. The highest BCUT2D eigenvalue weighted by molar-refractivity contribution is 5.76. The van der Waals surface area contributed by atoms with Gasteiger partial charge in [-0.3, -0.25) is 9.69 Å². The van der Waals surface area contributed by atoms with E-state index in [2.05, 4.69) is 10.1 Å². The first kappa shape index (κ1) is 24.1. The van der Waals surface area contributed by atoms with E-state index in [1.165, 1.54) is 4.90 Å². The molecule has 0 amide bonds. The van der Waals surface area contributed by atoms with Crippen LogP contribution >= 0.6 is 0 Å². The third-order valence-electron chi connectivity index (χ3n) is 5.28. The number of nitrogens with zero attached hydrogens (tertiary/aromatic N) is 1. The highest BCUT2D eigenvalue weighted by Gasteiger charge is 2.60. The molecule has 4 nitrogen and oxygen atoms in total. The lowest BCUT2D eigenvalue weighted by atomic mass is 9.99. The second-order valence-corrected chi connectivity index (χ2v) is 7.60. The van der Waals surface area contributed by atoms with Gasteiger partial charge in [-0.25, -0.2) is 0 Å². The molecule has 1 unspecified atom stereocenters. The molecule has 0 saturated carbocycles. The van der Waals surface area contributed by atoms with Gasteiger partial charge in [-0.15, -0.1) is 0 Å². The third kappa shape index (κ3) is 5.80.